The van der Waals surface area contributed by atoms with E-state index in [1.807, 2.05) is 38.1 Å². The van der Waals surface area contributed by atoms with Crippen LogP contribution in [0.2, 0.25) is 0 Å². The molecule has 6 heteroatoms. The number of urea groups is 1. The molecule has 0 aliphatic heterocycles. The number of hydrogen-bond acceptors (Lipinski definition) is 4. The molecular formula is C21H28N2O4. The molecule has 2 amide bonds. The maximum atomic E-state index is 12.0. The number of hydrogen-bond donors (Lipinski definition) is 2. The highest BCUT2D eigenvalue weighted by Crippen LogP contribution is 2.27. The molecule has 0 heterocycles. The van der Waals surface area contributed by atoms with Gasteiger partial charge in [-0.1, -0.05) is 18.2 Å². The van der Waals surface area contributed by atoms with Gasteiger partial charge in [-0.05, 0) is 55.2 Å². The molecule has 0 aromatic heterocycles. The minimum Gasteiger partial charge on any atom is -0.493 e. The van der Waals surface area contributed by atoms with Gasteiger partial charge in [0.2, 0.25) is 0 Å². The second-order valence-corrected chi connectivity index (χ2v) is 6.30. The number of rotatable bonds is 8. The predicted octanol–water partition coefficient (Wildman–Crippen LogP) is 3.51. The zero-order valence-electron chi connectivity index (χ0n) is 16.6. The summed E-state index contributed by atoms with van der Waals surface area (Å²) in [7, 11) is 3.17. The summed E-state index contributed by atoms with van der Waals surface area (Å²) < 4.78 is 16.3. The highest BCUT2D eigenvalue weighted by atomic mass is 16.5. The fraction of sp³-hybridized carbons (Fsp3) is 0.381. The van der Waals surface area contributed by atoms with Gasteiger partial charge in [0.1, 0.15) is 12.4 Å². The van der Waals surface area contributed by atoms with Crippen LogP contribution in [0.3, 0.4) is 0 Å². The van der Waals surface area contributed by atoms with Crippen molar-refractivity contribution in [2.75, 3.05) is 27.4 Å². The van der Waals surface area contributed by atoms with Gasteiger partial charge in [-0.15, -0.1) is 0 Å². The molecule has 0 aliphatic rings. The molecule has 0 radical (unpaired) electrons. The monoisotopic (exact) mass is 372 g/mol. The maximum absolute atomic E-state index is 12.0. The quantitative estimate of drug-likeness (QED) is 0.696. The van der Waals surface area contributed by atoms with Gasteiger partial charge in [0.15, 0.2) is 11.5 Å². The van der Waals surface area contributed by atoms with E-state index in [0.29, 0.717) is 31.2 Å². The van der Waals surface area contributed by atoms with E-state index < -0.39 is 0 Å². The molecule has 0 atom stereocenters. The van der Waals surface area contributed by atoms with Crippen molar-refractivity contribution >= 4 is 6.03 Å². The molecule has 2 aromatic rings. The Hall–Kier alpha value is -2.89. The van der Waals surface area contributed by atoms with Gasteiger partial charge in [0.25, 0.3) is 0 Å². The summed E-state index contributed by atoms with van der Waals surface area (Å²) in [5.41, 5.74) is 4.34. The van der Waals surface area contributed by atoms with E-state index >= 15 is 0 Å². The number of carbonyl (C=O) groups excluding carboxylic acids is 1. The lowest BCUT2D eigenvalue weighted by molar-refractivity contribution is 0.236. The first kappa shape index (κ1) is 20.4. The lowest BCUT2D eigenvalue weighted by Gasteiger charge is -2.14. The van der Waals surface area contributed by atoms with Gasteiger partial charge in [-0.25, -0.2) is 4.79 Å². The molecule has 0 aliphatic carbocycles. The average Bonchev–Trinajstić information content (AvgIpc) is 2.68. The molecule has 0 saturated carbocycles. The Balaban J connectivity index is 1.76. The second-order valence-electron chi connectivity index (χ2n) is 6.30. The first-order chi connectivity index (χ1) is 13.0. The Morgan fingerprint density at radius 1 is 0.926 bits per heavy atom. The minimum atomic E-state index is -0.244. The van der Waals surface area contributed by atoms with Gasteiger partial charge in [0, 0.05) is 6.54 Å². The van der Waals surface area contributed by atoms with Crippen molar-refractivity contribution in [2.45, 2.75) is 27.3 Å². The third-order valence-corrected chi connectivity index (χ3v) is 4.41. The Morgan fingerprint density at radius 3 is 2.33 bits per heavy atom. The molecule has 0 spiro atoms. The van der Waals surface area contributed by atoms with Crippen LogP contribution < -0.4 is 24.8 Å². The molecule has 0 fully saturated rings. The van der Waals surface area contributed by atoms with E-state index in [9.17, 15) is 4.79 Å². The third kappa shape index (κ3) is 5.54. The van der Waals surface area contributed by atoms with Crippen molar-refractivity contribution in [3.05, 3.63) is 52.6 Å². The normalized spacial score (nSPS) is 10.3. The fourth-order valence-electron chi connectivity index (χ4n) is 2.70. The molecule has 2 N–H and O–H groups in total. The fourth-order valence-corrected chi connectivity index (χ4v) is 2.70. The van der Waals surface area contributed by atoms with E-state index in [2.05, 4.69) is 23.6 Å². The smallest absolute Gasteiger partial charge is 0.315 e. The van der Waals surface area contributed by atoms with Crippen molar-refractivity contribution in [1.82, 2.24) is 10.6 Å². The minimum absolute atomic E-state index is 0.244. The molecule has 146 valence electrons. The Bertz CT molecular complexity index is 790. The SMILES string of the molecule is COc1ccc(CNC(=O)NCCOc2c(C)ccc(C)c2C)cc1OC. The number of ether oxygens (including phenoxy) is 3. The van der Waals surface area contributed by atoms with Crippen molar-refractivity contribution in [2.24, 2.45) is 0 Å². The predicted molar refractivity (Wildman–Crippen MR) is 106 cm³/mol. The van der Waals surface area contributed by atoms with E-state index in [1.54, 1.807) is 14.2 Å². The third-order valence-electron chi connectivity index (χ3n) is 4.41. The maximum Gasteiger partial charge on any atom is 0.315 e. The van der Waals surface area contributed by atoms with Crippen LogP contribution in [-0.4, -0.2) is 33.4 Å². The molecule has 0 unspecified atom stereocenters. The summed E-state index contributed by atoms with van der Waals surface area (Å²) in [4.78, 5) is 12.0. The molecular weight excluding hydrogens is 344 g/mol. The highest BCUT2D eigenvalue weighted by molar-refractivity contribution is 5.73. The molecule has 2 rings (SSSR count). The van der Waals surface area contributed by atoms with Crippen LogP contribution in [0, 0.1) is 20.8 Å². The van der Waals surface area contributed by atoms with Gasteiger partial charge < -0.3 is 24.8 Å². The van der Waals surface area contributed by atoms with Crippen LogP contribution in [-0.2, 0) is 6.54 Å². The van der Waals surface area contributed by atoms with Crippen LogP contribution in [0.4, 0.5) is 4.79 Å². The Kier molecular flexibility index (Phi) is 7.34. The van der Waals surface area contributed by atoms with Gasteiger partial charge in [-0.2, -0.15) is 0 Å². The number of benzene rings is 2. The van der Waals surface area contributed by atoms with Crippen LogP contribution in [0.1, 0.15) is 22.3 Å². The summed E-state index contributed by atoms with van der Waals surface area (Å²) in [6.07, 6.45) is 0. The number of nitrogens with one attached hydrogen (secondary N) is 2. The largest absolute Gasteiger partial charge is 0.493 e. The average molecular weight is 372 g/mol. The summed E-state index contributed by atoms with van der Waals surface area (Å²) >= 11 is 0. The lowest BCUT2D eigenvalue weighted by Crippen LogP contribution is -2.37. The first-order valence-corrected chi connectivity index (χ1v) is 8.88. The van der Waals surface area contributed by atoms with Crippen molar-refractivity contribution < 1.29 is 19.0 Å². The first-order valence-electron chi connectivity index (χ1n) is 8.88. The number of carbonyl (C=O) groups is 1. The molecule has 0 bridgehead atoms. The van der Waals surface area contributed by atoms with Crippen LogP contribution in [0.15, 0.2) is 30.3 Å². The van der Waals surface area contributed by atoms with Crippen LogP contribution in [0.25, 0.3) is 0 Å². The molecule has 2 aromatic carbocycles. The zero-order chi connectivity index (χ0) is 19.8. The van der Waals surface area contributed by atoms with Gasteiger partial charge >= 0.3 is 6.03 Å². The molecule has 27 heavy (non-hydrogen) atoms. The van der Waals surface area contributed by atoms with Gasteiger partial charge in [0.05, 0.1) is 20.8 Å². The number of aryl methyl sites for hydroxylation is 2. The number of methoxy groups -OCH3 is 2. The Morgan fingerprint density at radius 2 is 1.63 bits per heavy atom. The topological polar surface area (TPSA) is 68.8 Å². The van der Waals surface area contributed by atoms with Crippen LogP contribution in [0.5, 0.6) is 17.2 Å². The van der Waals surface area contributed by atoms with Crippen molar-refractivity contribution in [3.63, 3.8) is 0 Å². The summed E-state index contributed by atoms with van der Waals surface area (Å²) in [6, 6.07) is 9.41. The zero-order valence-corrected chi connectivity index (χ0v) is 16.6. The standard InChI is InChI=1S/C21H28N2O4/c1-14-6-7-15(2)20(16(14)3)27-11-10-22-21(24)23-13-17-8-9-18(25-4)19(12-17)26-5/h6-9,12H,10-11,13H2,1-5H3,(H2,22,23,24). The highest BCUT2D eigenvalue weighted by Gasteiger charge is 2.08. The summed E-state index contributed by atoms with van der Waals surface area (Å²) in [5, 5.41) is 5.61. The summed E-state index contributed by atoms with van der Waals surface area (Å²) in [5.74, 6) is 2.18. The van der Waals surface area contributed by atoms with Crippen LogP contribution >= 0.6 is 0 Å². The van der Waals surface area contributed by atoms with E-state index in [1.165, 1.54) is 5.56 Å². The van der Waals surface area contributed by atoms with Crippen molar-refractivity contribution in [1.29, 1.82) is 0 Å². The second kappa shape index (κ2) is 9.71. The molecule has 6 nitrogen and oxygen atoms in total. The van der Waals surface area contributed by atoms with Gasteiger partial charge in [-0.3, -0.25) is 0 Å². The molecule has 0 saturated heterocycles. The van der Waals surface area contributed by atoms with E-state index in [4.69, 9.17) is 14.2 Å². The van der Waals surface area contributed by atoms with E-state index in [0.717, 1.165) is 22.4 Å². The summed E-state index contributed by atoms with van der Waals surface area (Å²) in [6.45, 7) is 7.34. The van der Waals surface area contributed by atoms with E-state index in [-0.39, 0.29) is 6.03 Å². The number of amides is 2. The Labute approximate surface area is 160 Å². The van der Waals surface area contributed by atoms with Crippen molar-refractivity contribution in [3.8, 4) is 17.2 Å². The lowest BCUT2D eigenvalue weighted by atomic mass is 10.1.